The van der Waals surface area contributed by atoms with Crippen LogP contribution in [0.4, 0.5) is 29.2 Å². The Balaban J connectivity index is 0.000000182. The van der Waals surface area contributed by atoms with Gasteiger partial charge in [-0.25, -0.2) is 26.8 Å². The van der Waals surface area contributed by atoms with Crippen LogP contribution in [-0.4, -0.2) is 63.1 Å². The third-order valence-corrected chi connectivity index (χ3v) is 16.2. The number of fused-ring (bicyclic) bond motifs is 2. The van der Waals surface area contributed by atoms with Gasteiger partial charge in [0, 0.05) is 57.2 Å². The summed E-state index contributed by atoms with van der Waals surface area (Å²) in [5.74, 6) is 1.02. The molecule has 0 aliphatic heterocycles. The zero-order valence-corrected chi connectivity index (χ0v) is 49.5. The van der Waals surface area contributed by atoms with Crippen molar-refractivity contribution in [1.82, 2.24) is 29.1 Å². The number of benzene rings is 6. The lowest BCUT2D eigenvalue weighted by atomic mass is 9.80. The number of hydrogen-bond donors (Lipinski definition) is 7. The molecule has 428 valence electrons. The van der Waals surface area contributed by atoms with Gasteiger partial charge in [0.25, 0.3) is 21.1 Å². The van der Waals surface area contributed by atoms with Gasteiger partial charge in [0.1, 0.15) is 11.6 Å². The van der Waals surface area contributed by atoms with Gasteiger partial charge >= 0.3 is 7.12 Å². The third kappa shape index (κ3) is 14.7. The summed E-state index contributed by atoms with van der Waals surface area (Å²) >= 11 is 16.2. The van der Waals surface area contributed by atoms with Crippen LogP contribution in [0.1, 0.15) is 42.9 Å². The van der Waals surface area contributed by atoms with Crippen molar-refractivity contribution in [1.29, 1.82) is 0 Å². The molecule has 10 aromatic rings. The van der Waals surface area contributed by atoms with E-state index < -0.39 is 33.0 Å². The molecular weight excluding hydrogens is 1220 g/mol. The number of nitrogens with two attached hydrogens (primary N) is 2. The van der Waals surface area contributed by atoms with Gasteiger partial charge in [-0.2, -0.15) is 9.97 Å². The first kappa shape index (κ1) is 61.4. The smallest absolute Gasteiger partial charge is 0.423 e. The molecule has 4 heterocycles. The van der Waals surface area contributed by atoms with E-state index in [-0.39, 0.29) is 46.0 Å². The molecule has 4 aromatic heterocycles. The van der Waals surface area contributed by atoms with Crippen molar-refractivity contribution >= 4 is 122 Å². The van der Waals surface area contributed by atoms with E-state index in [9.17, 15) is 26.4 Å². The van der Waals surface area contributed by atoms with E-state index in [1.165, 1.54) is 24.3 Å². The number of halogens is 3. The Morgan fingerprint density at radius 3 is 1.67 bits per heavy atom. The van der Waals surface area contributed by atoms with Gasteiger partial charge < -0.3 is 32.1 Å². The molecule has 0 saturated carbocycles. The second kappa shape index (κ2) is 26.7. The van der Waals surface area contributed by atoms with Crippen molar-refractivity contribution in [3.05, 3.63) is 246 Å². The Bertz CT molecular complexity index is 4450. The fraction of sp³-hybridized carbons (Fsp3) is 0.0847. The standard InChI is InChI=1S/C30H26ClN5O3S.C21H17BrClN5O.C8H10BNO4S/c1-3-40(38,39)18-20-9-7-10-21(15-20)24-17-33-30(32)35-28(24)34-19(2)26-16-22-11-8-14-25(31)27(22)29(37)36(26)23-12-5-4-6-13-23;1-12(26-19-15(22)11-25-21(24)27-19)17-10-13-6-5-9-16(23)18(13)20(29)28(17)14-7-3-2-4-8-14;1-2-15(13,14)10-8-5-3-4-7(6-8)9(11)12/h3-17,19H,1,18H2,2H3,(H3,32,33,34,35);2-12H,1H3,(H3,24,25,26,27);2-6,10-12H,1H2/t19-;12-;/m00./s1. The molecule has 0 amide bonds. The van der Waals surface area contributed by atoms with Crippen molar-refractivity contribution < 1.29 is 26.9 Å². The Morgan fingerprint density at radius 1 is 0.643 bits per heavy atom. The summed E-state index contributed by atoms with van der Waals surface area (Å²) in [4.78, 5) is 44.1. The Hall–Kier alpha value is -8.68. The number of aromatic nitrogens is 6. The molecule has 0 radical (unpaired) electrons. The minimum absolute atomic E-state index is 0.0644. The fourth-order valence-electron chi connectivity index (χ4n) is 8.85. The van der Waals surface area contributed by atoms with E-state index in [0.29, 0.717) is 70.4 Å². The number of rotatable bonds is 16. The van der Waals surface area contributed by atoms with E-state index in [4.69, 9.17) is 44.7 Å². The van der Waals surface area contributed by atoms with Crippen LogP contribution in [0, 0.1) is 0 Å². The zero-order chi connectivity index (χ0) is 60.5. The predicted octanol–water partition coefficient (Wildman–Crippen LogP) is 10.1. The molecular formula is C59H53BBrCl2N11O8S2. The fourth-order valence-corrected chi connectivity index (χ4v) is 11.0. The lowest BCUT2D eigenvalue weighted by molar-refractivity contribution is 0.426. The summed E-state index contributed by atoms with van der Waals surface area (Å²) < 4.78 is 52.6. The van der Waals surface area contributed by atoms with Gasteiger partial charge in [-0.1, -0.05) is 127 Å². The van der Waals surface area contributed by atoms with E-state index in [1.54, 1.807) is 51.9 Å². The van der Waals surface area contributed by atoms with E-state index >= 15 is 0 Å². The van der Waals surface area contributed by atoms with E-state index in [2.05, 4.69) is 64.4 Å². The Kier molecular flexibility index (Phi) is 19.5. The minimum Gasteiger partial charge on any atom is -0.423 e. The first-order valence-electron chi connectivity index (χ1n) is 25.4. The Labute approximate surface area is 502 Å². The highest BCUT2D eigenvalue weighted by molar-refractivity contribution is 9.10. The highest BCUT2D eigenvalue weighted by Gasteiger charge is 2.22. The number of nitrogens with one attached hydrogen (secondary N) is 3. The third-order valence-electron chi connectivity index (χ3n) is 12.8. The highest BCUT2D eigenvalue weighted by Crippen LogP contribution is 2.33. The molecule has 0 saturated heterocycles. The van der Waals surface area contributed by atoms with Crippen molar-refractivity contribution in [2.24, 2.45) is 0 Å². The summed E-state index contributed by atoms with van der Waals surface area (Å²) in [5.41, 5.74) is 16.5. The number of anilines is 5. The largest absolute Gasteiger partial charge is 0.488 e. The maximum Gasteiger partial charge on any atom is 0.488 e. The molecule has 9 N–H and O–H groups in total. The molecule has 0 aliphatic carbocycles. The molecule has 0 aliphatic rings. The number of pyridine rings is 2. The highest BCUT2D eigenvalue weighted by atomic mass is 79.9. The second-order valence-corrected chi connectivity index (χ2v) is 23.9. The summed E-state index contributed by atoms with van der Waals surface area (Å²) in [5, 5.41) is 29.4. The van der Waals surface area contributed by atoms with Gasteiger partial charge in [0.05, 0.1) is 43.1 Å². The molecule has 25 heteroatoms. The molecule has 84 heavy (non-hydrogen) atoms. The minimum atomic E-state index is -3.56. The normalized spacial score (nSPS) is 11.9. The van der Waals surface area contributed by atoms with Crippen molar-refractivity contribution in [2.75, 3.05) is 26.8 Å². The summed E-state index contributed by atoms with van der Waals surface area (Å²) in [6.45, 7) is 10.4. The first-order valence-corrected chi connectivity index (χ1v) is 30.2. The maximum absolute atomic E-state index is 13.8. The van der Waals surface area contributed by atoms with Crippen LogP contribution in [0.25, 0.3) is 44.0 Å². The monoisotopic (exact) mass is 1270 g/mol. The van der Waals surface area contributed by atoms with Crippen LogP contribution >= 0.6 is 39.1 Å². The van der Waals surface area contributed by atoms with Gasteiger partial charge in [-0.15, -0.1) is 0 Å². The predicted molar refractivity (Wildman–Crippen MR) is 341 cm³/mol. The first-order chi connectivity index (χ1) is 40.1. The number of para-hydroxylation sites is 2. The van der Waals surface area contributed by atoms with Gasteiger partial charge in [-0.05, 0) is 124 Å². The van der Waals surface area contributed by atoms with Crippen LogP contribution in [0.3, 0.4) is 0 Å². The van der Waals surface area contributed by atoms with Crippen molar-refractivity contribution in [3.8, 4) is 22.5 Å². The van der Waals surface area contributed by atoms with Gasteiger partial charge in [-0.3, -0.25) is 23.4 Å². The van der Waals surface area contributed by atoms with Crippen LogP contribution in [-0.2, 0) is 25.6 Å². The van der Waals surface area contributed by atoms with Gasteiger partial charge in [0.15, 0.2) is 9.84 Å². The maximum atomic E-state index is 13.8. The topological polar surface area (TPSA) is 292 Å². The number of sulfone groups is 1. The number of hydrogen-bond acceptors (Lipinski definition) is 16. The van der Waals surface area contributed by atoms with Crippen LogP contribution in [0.5, 0.6) is 0 Å². The molecule has 19 nitrogen and oxygen atoms in total. The molecule has 10 rings (SSSR count). The average Bonchev–Trinajstić information content (AvgIpc) is 1.55. The molecule has 0 spiro atoms. The number of sulfonamides is 1. The average molecular weight is 1270 g/mol. The lowest BCUT2D eigenvalue weighted by Crippen LogP contribution is -2.29. The summed E-state index contributed by atoms with van der Waals surface area (Å²) in [6, 6.07) is 45.7. The number of nitrogens with zero attached hydrogens (tertiary/aromatic N) is 6. The van der Waals surface area contributed by atoms with Crippen LogP contribution < -0.4 is 43.4 Å². The summed E-state index contributed by atoms with van der Waals surface area (Å²) in [6.07, 6.45) is 3.17. The molecule has 0 fully saturated rings. The molecule has 6 aromatic carbocycles. The van der Waals surface area contributed by atoms with Crippen LogP contribution in [0.2, 0.25) is 10.0 Å². The Morgan fingerprint density at radius 2 is 1.14 bits per heavy atom. The van der Waals surface area contributed by atoms with Crippen molar-refractivity contribution in [3.63, 3.8) is 0 Å². The molecule has 2 atom stereocenters. The van der Waals surface area contributed by atoms with E-state index in [0.717, 1.165) is 27.6 Å². The van der Waals surface area contributed by atoms with E-state index in [1.807, 2.05) is 117 Å². The van der Waals surface area contributed by atoms with Crippen molar-refractivity contribution in [2.45, 2.75) is 31.7 Å². The molecule has 0 bridgehead atoms. The quantitative estimate of drug-likeness (QED) is 0.0443. The number of nitrogen functional groups attached to an aromatic ring is 2. The van der Waals surface area contributed by atoms with Gasteiger partial charge in [0.2, 0.25) is 11.9 Å². The SMILES string of the molecule is C=CS(=O)(=O)Cc1cccc(-c2cnc(N)nc2N[C@@H](C)c2cc3cccc(Cl)c3c(=O)n2-c2ccccc2)c1.C=CS(=O)(=O)Nc1cccc(B(O)O)c1.C[C@H](Nc1nc(N)ncc1Br)c1cc2cccc(Cl)c2c(=O)n1-c1ccccc1. The lowest BCUT2D eigenvalue weighted by Gasteiger charge is -2.23. The summed E-state index contributed by atoms with van der Waals surface area (Å²) in [7, 11) is -8.64. The zero-order valence-electron chi connectivity index (χ0n) is 44.8. The van der Waals surface area contributed by atoms with Crippen LogP contribution in [0.15, 0.2) is 208 Å². The molecule has 0 unspecified atom stereocenters. The second-order valence-electron chi connectivity index (χ2n) is 18.6.